The maximum absolute atomic E-state index is 12.8. The van der Waals surface area contributed by atoms with Gasteiger partial charge < -0.3 is 14.2 Å². The molecule has 5 nitrogen and oxygen atoms in total. The van der Waals surface area contributed by atoms with Gasteiger partial charge in [0.05, 0.1) is 6.61 Å². The van der Waals surface area contributed by atoms with Crippen LogP contribution in [0.15, 0.2) is 85.1 Å². The highest BCUT2D eigenvalue weighted by atomic mass is 16.6. The zero-order valence-corrected chi connectivity index (χ0v) is 42.3. The lowest BCUT2D eigenvalue weighted by molar-refractivity contribution is -0.163. The van der Waals surface area contributed by atoms with Gasteiger partial charge >= 0.3 is 11.9 Å². The topological polar surface area (TPSA) is 61.8 Å². The Labute approximate surface area is 397 Å². The van der Waals surface area contributed by atoms with Crippen LogP contribution in [0.5, 0.6) is 0 Å². The van der Waals surface area contributed by atoms with Crippen LogP contribution < -0.4 is 0 Å². The Hall–Kier alpha value is -2.92. The number of carbonyl (C=O) groups excluding carboxylic acids is 2. The number of carbonyl (C=O) groups is 2. The van der Waals surface area contributed by atoms with E-state index in [2.05, 4.69) is 106 Å². The van der Waals surface area contributed by atoms with Crippen LogP contribution >= 0.6 is 0 Å². The highest BCUT2D eigenvalue weighted by Gasteiger charge is 2.17. The molecule has 0 N–H and O–H groups in total. The second kappa shape index (κ2) is 54.4. The summed E-state index contributed by atoms with van der Waals surface area (Å²) in [6, 6.07) is 0. The molecule has 0 heterocycles. The molecule has 1 unspecified atom stereocenters. The van der Waals surface area contributed by atoms with Gasteiger partial charge in [0.1, 0.15) is 6.61 Å². The first-order chi connectivity index (χ1) is 31.6. The molecule has 1 atom stereocenters. The van der Waals surface area contributed by atoms with E-state index in [4.69, 9.17) is 14.2 Å². The largest absolute Gasteiger partial charge is 0.462 e. The molecule has 0 saturated carbocycles. The molecular weight excluding hydrogens is 789 g/mol. The molecule has 0 aliphatic rings. The van der Waals surface area contributed by atoms with Crippen molar-refractivity contribution in [2.45, 2.75) is 258 Å². The lowest BCUT2D eigenvalue weighted by atomic mass is 10.0. The minimum absolute atomic E-state index is 0.0603. The van der Waals surface area contributed by atoms with Gasteiger partial charge in [0.15, 0.2) is 6.10 Å². The summed E-state index contributed by atoms with van der Waals surface area (Å²) in [4.78, 5) is 25.4. The number of unbranched alkanes of at least 4 members (excludes halogenated alkanes) is 24. The lowest BCUT2D eigenvalue weighted by Gasteiger charge is -2.18. The van der Waals surface area contributed by atoms with E-state index in [1.807, 2.05) is 0 Å². The second-order valence-corrected chi connectivity index (χ2v) is 17.8. The fraction of sp³-hybridized carbons (Fsp3) is 0.729. The Morgan fingerprint density at radius 3 is 1.19 bits per heavy atom. The van der Waals surface area contributed by atoms with Crippen LogP contribution in [0.1, 0.15) is 252 Å². The van der Waals surface area contributed by atoms with Gasteiger partial charge in [-0.05, 0) is 96.3 Å². The summed E-state index contributed by atoms with van der Waals surface area (Å²) in [5.41, 5.74) is 0. The average Bonchev–Trinajstić information content (AvgIpc) is 3.30. The first kappa shape index (κ1) is 61.1. The lowest BCUT2D eigenvalue weighted by Crippen LogP contribution is -2.30. The summed E-state index contributed by atoms with van der Waals surface area (Å²) in [5, 5.41) is 0. The Kier molecular flexibility index (Phi) is 51.9. The van der Waals surface area contributed by atoms with E-state index in [1.165, 1.54) is 122 Å². The molecule has 5 heteroatoms. The van der Waals surface area contributed by atoms with Crippen molar-refractivity contribution >= 4 is 11.9 Å². The van der Waals surface area contributed by atoms with Crippen LogP contribution in [0.25, 0.3) is 0 Å². The fourth-order valence-electron chi connectivity index (χ4n) is 7.39. The zero-order chi connectivity index (χ0) is 46.3. The Morgan fingerprint density at radius 2 is 0.703 bits per heavy atom. The molecule has 0 amide bonds. The normalized spacial score (nSPS) is 12.9. The summed E-state index contributed by atoms with van der Waals surface area (Å²) in [7, 11) is 0. The number of allylic oxidation sites excluding steroid dienone is 14. The molecule has 0 radical (unpaired) electrons. The van der Waals surface area contributed by atoms with Crippen molar-refractivity contribution in [3.8, 4) is 0 Å². The quantitative estimate of drug-likeness (QED) is 0.0346. The van der Waals surface area contributed by atoms with Crippen LogP contribution in [0.2, 0.25) is 0 Å². The molecule has 0 fully saturated rings. The summed E-state index contributed by atoms with van der Waals surface area (Å²) in [6.07, 6.45) is 71.6. The molecule has 0 aliphatic heterocycles. The molecule has 64 heavy (non-hydrogen) atoms. The third-order valence-electron chi connectivity index (χ3n) is 11.4. The summed E-state index contributed by atoms with van der Waals surface area (Å²) in [6.45, 7) is 7.65. The molecule has 0 saturated heterocycles. The van der Waals surface area contributed by atoms with E-state index >= 15 is 0 Å². The summed E-state index contributed by atoms with van der Waals surface area (Å²) in [5.74, 6) is -0.455. The van der Waals surface area contributed by atoms with Crippen molar-refractivity contribution in [3.63, 3.8) is 0 Å². The van der Waals surface area contributed by atoms with Crippen LogP contribution in [0, 0.1) is 0 Å². The molecule has 0 aromatic carbocycles. The second-order valence-electron chi connectivity index (χ2n) is 17.8. The molecule has 0 bridgehead atoms. The van der Waals surface area contributed by atoms with Crippen LogP contribution in [-0.4, -0.2) is 37.9 Å². The predicted octanol–water partition coefficient (Wildman–Crippen LogP) is 18.5. The van der Waals surface area contributed by atoms with Gasteiger partial charge in [-0.25, -0.2) is 0 Å². The minimum Gasteiger partial charge on any atom is -0.462 e. The van der Waals surface area contributed by atoms with Gasteiger partial charge in [-0.3, -0.25) is 9.59 Å². The highest BCUT2D eigenvalue weighted by molar-refractivity contribution is 5.70. The highest BCUT2D eigenvalue weighted by Crippen LogP contribution is 2.14. The van der Waals surface area contributed by atoms with Crippen molar-refractivity contribution < 1.29 is 23.8 Å². The van der Waals surface area contributed by atoms with Crippen LogP contribution in [0.3, 0.4) is 0 Å². The molecule has 0 rings (SSSR count). The van der Waals surface area contributed by atoms with Crippen molar-refractivity contribution in [1.82, 2.24) is 0 Å². The van der Waals surface area contributed by atoms with Gasteiger partial charge in [0.25, 0.3) is 0 Å². The third-order valence-corrected chi connectivity index (χ3v) is 11.4. The predicted molar refractivity (Wildman–Crippen MR) is 279 cm³/mol. The smallest absolute Gasteiger partial charge is 0.306 e. The Morgan fingerprint density at radius 1 is 0.359 bits per heavy atom. The molecule has 0 aliphatic carbocycles. The Balaban J connectivity index is 4.34. The van der Waals surface area contributed by atoms with E-state index in [0.29, 0.717) is 19.4 Å². The number of rotatable bonds is 49. The summed E-state index contributed by atoms with van der Waals surface area (Å²) >= 11 is 0. The van der Waals surface area contributed by atoms with E-state index in [1.54, 1.807) is 0 Å². The van der Waals surface area contributed by atoms with Gasteiger partial charge in [-0.15, -0.1) is 0 Å². The van der Waals surface area contributed by atoms with Crippen LogP contribution in [0.4, 0.5) is 0 Å². The minimum atomic E-state index is -0.565. The number of esters is 2. The number of hydrogen-bond donors (Lipinski definition) is 0. The van der Waals surface area contributed by atoms with E-state index in [-0.39, 0.29) is 25.2 Å². The molecule has 0 spiro atoms. The van der Waals surface area contributed by atoms with Crippen molar-refractivity contribution in [2.24, 2.45) is 0 Å². The molecular formula is C59H102O5. The monoisotopic (exact) mass is 891 g/mol. The maximum Gasteiger partial charge on any atom is 0.306 e. The fourth-order valence-corrected chi connectivity index (χ4v) is 7.39. The van der Waals surface area contributed by atoms with E-state index in [9.17, 15) is 9.59 Å². The zero-order valence-electron chi connectivity index (χ0n) is 42.3. The van der Waals surface area contributed by atoms with Crippen LogP contribution in [-0.2, 0) is 23.8 Å². The summed E-state index contributed by atoms with van der Waals surface area (Å²) < 4.78 is 17.4. The van der Waals surface area contributed by atoms with Gasteiger partial charge in [-0.2, -0.15) is 0 Å². The van der Waals surface area contributed by atoms with Crippen molar-refractivity contribution in [3.05, 3.63) is 85.1 Å². The average molecular weight is 891 g/mol. The van der Waals surface area contributed by atoms with E-state index in [0.717, 1.165) is 96.3 Å². The number of hydrogen-bond acceptors (Lipinski definition) is 5. The van der Waals surface area contributed by atoms with Gasteiger partial charge in [-0.1, -0.05) is 228 Å². The van der Waals surface area contributed by atoms with Gasteiger partial charge in [0, 0.05) is 19.4 Å². The molecule has 0 aromatic rings. The first-order valence-corrected chi connectivity index (χ1v) is 27.1. The maximum atomic E-state index is 12.8. The number of ether oxygens (including phenoxy) is 3. The standard InChI is InChI=1S/C59H102O5/c1-4-7-10-13-16-19-22-25-28-29-30-31-33-34-37-40-43-46-49-52-58(60)63-56-57(55-62-54-51-48-45-42-39-36-27-24-21-18-15-12-9-6-3)64-59(61)53-50-47-44-41-38-35-32-26-23-20-17-14-11-8-5-2/h8,11,16-17,19-20,25-26,28,30-32,38,41,57H,4-7,9-10,12-15,18,21-24,27,29,33-37,39-40,42-56H2,1-3H3/b11-8-,19-16-,20-17-,28-25-,31-30-,32-26-,41-38-. The molecule has 368 valence electrons. The Bertz CT molecular complexity index is 1190. The van der Waals surface area contributed by atoms with Crippen molar-refractivity contribution in [2.75, 3.05) is 19.8 Å². The first-order valence-electron chi connectivity index (χ1n) is 27.1. The SMILES string of the molecule is CC/C=C\C/C=C\C/C=C\C/C=C\CCCCC(=O)OC(COCCCCCCCCCCCCCCCC)COC(=O)CCCCCCCC/C=C\C/C=C\C/C=C\CCCCC. The molecule has 0 aromatic heterocycles. The van der Waals surface area contributed by atoms with Gasteiger partial charge in [0.2, 0.25) is 0 Å². The van der Waals surface area contributed by atoms with E-state index < -0.39 is 6.10 Å². The third kappa shape index (κ3) is 51.7. The van der Waals surface area contributed by atoms with Crippen molar-refractivity contribution in [1.29, 1.82) is 0 Å².